The van der Waals surface area contributed by atoms with Crippen molar-refractivity contribution in [3.8, 4) is 11.1 Å². The number of alkyl halides is 3. The van der Waals surface area contributed by atoms with Crippen LogP contribution < -0.4 is 0 Å². The second-order valence-electron chi connectivity index (χ2n) is 11.7. The van der Waals surface area contributed by atoms with Crippen LogP contribution in [0.15, 0.2) is 24.5 Å². The SMILES string of the molecule is CC(C)(C)/[N+]([O-])=C/c1cn(CCCCCCCCOS(=O)(=O)C(F)(F)F)cc2c(/C=[N+](\[O-])C(C)(C)C)ccc1-2. The predicted molar refractivity (Wildman–Crippen MR) is 147 cm³/mol. The number of pyridine rings is 1. The summed E-state index contributed by atoms with van der Waals surface area (Å²) in [4.78, 5) is 0. The molecule has 0 bridgehead atoms. The van der Waals surface area contributed by atoms with Crippen molar-refractivity contribution in [2.24, 2.45) is 0 Å². The molecule has 220 valence electrons. The number of unbranched alkanes of at least 4 members (excludes halogenated alkanes) is 5. The van der Waals surface area contributed by atoms with Crippen molar-refractivity contribution >= 4 is 22.5 Å². The van der Waals surface area contributed by atoms with Crippen molar-refractivity contribution in [1.82, 2.24) is 4.57 Å². The van der Waals surface area contributed by atoms with Crippen molar-refractivity contribution in [1.29, 1.82) is 0 Å². The molecule has 0 aromatic carbocycles. The molecule has 0 fully saturated rings. The van der Waals surface area contributed by atoms with Crippen LogP contribution in [0.4, 0.5) is 13.2 Å². The number of halogens is 3. The molecule has 0 aromatic rings. The average molecular weight is 576 g/mol. The predicted octanol–water partition coefficient (Wildman–Crippen LogP) is 6.26. The Morgan fingerprint density at radius 2 is 1.31 bits per heavy atom. The van der Waals surface area contributed by atoms with Crippen LogP contribution in [0.5, 0.6) is 0 Å². The third-order valence-electron chi connectivity index (χ3n) is 6.11. The third-order valence-corrected chi connectivity index (χ3v) is 7.15. The van der Waals surface area contributed by atoms with Crippen LogP contribution in [-0.4, -0.2) is 58.1 Å². The summed E-state index contributed by atoms with van der Waals surface area (Å²) in [5.41, 5.74) is -3.36. The van der Waals surface area contributed by atoms with Gasteiger partial charge in [0.1, 0.15) is 0 Å². The molecule has 2 aliphatic rings. The van der Waals surface area contributed by atoms with Gasteiger partial charge in [-0.1, -0.05) is 31.7 Å². The molecule has 39 heavy (non-hydrogen) atoms. The van der Waals surface area contributed by atoms with Gasteiger partial charge >= 0.3 is 15.6 Å². The van der Waals surface area contributed by atoms with Crippen LogP contribution in [0, 0.1) is 10.4 Å². The van der Waals surface area contributed by atoms with Gasteiger partial charge in [0, 0.05) is 71.6 Å². The van der Waals surface area contributed by atoms with Crippen LogP contribution in [0.3, 0.4) is 0 Å². The molecular weight excluding hydrogens is 535 g/mol. The van der Waals surface area contributed by atoms with E-state index in [2.05, 4.69) is 4.18 Å². The lowest BCUT2D eigenvalue weighted by Crippen LogP contribution is -2.29. The molecule has 0 radical (unpaired) electrons. The summed E-state index contributed by atoms with van der Waals surface area (Å²) in [6, 6.07) is 3.78. The van der Waals surface area contributed by atoms with Crippen LogP contribution in [0.1, 0.15) is 91.2 Å². The standard InChI is InChI=1S/C27H40F3N3O5S/c1-25(2,3)32(34)18-21-13-14-23-22(19-33(35)26(4,5)6)17-31(20-24(21)23)15-11-9-7-8-10-12-16-38-39(36,37)27(28,29)30/h13-14,17-20H,7-12,15-16H2,1-6H3/b32-18-,33-19-. The van der Waals surface area contributed by atoms with E-state index in [0.29, 0.717) is 13.0 Å². The molecule has 12 heteroatoms. The van der Waals surface area contributed by atoms with E-state index in [9.17, 15) is 32.0 Å². The Morgan fingerprint density at radius 1 is 0.795 bits per heavy atom. The summed E-state index contributed by atoms with van der Waals surface area (Å²) >= 11 is 0. The first-order valence-electron chi connectivity index (χ1n) is 13.0. The zero-order valence-electron chi connectivity index (χ0n) is 23.5. The number of rotatable bonds is 12. The maximum atomic E-state index is 12.7. The minimum absolute atomic E-state index is 0.223. The maximum Gasteiger partial charge on any atom is 0.523 e. The van der Waals surface area contributed by atoms with Gasteiger partial charge in [-0.15, -0.1) is 0 Å². The first-order chi connectivity index (χ1) is 17.8. The fraction of sp³-hybridized carbons (Fsp3) is 0.630. The topological polar surface area (TPSA) is 100 Å². The Labute approximate surface area is 229 Å². The summed E-state index contributed by atoms with van der Waals surface area (Å²) in [7, 11) is -5.53. The van der Waals surface area contributed by atoms with Crippen LogP contribution in [0.2, 0.25) is 0 Å². The highest BCUT2D eigenvalue weighted by Gasteiger charge is 2.47. The molecule has 0 amide bonds. The van der Waals surface area contributed by atoms with Gasteiger partial charge in [0.25, 0.3) is 0 Å². The zero-order valence-corrected chi connectivity index (χ0v) is 24.4. The second-order valence-corrected chi connectivity index (χ2v) is 13.3. The van der Waals surface area contributed by atoms with Gasteiger partial charge in [-0.2, -0.15) is 21.6 Å². The van der Waals surface area contributed by atoms with E-state index in [4.69, 9.17) is 0 Å². The lowest BCUT2D eigenvalue weighted by atomic mass is 10.0. The van der Waals surface area contributed by atoms with E-state index in [1.807, 2.05) is 70.6 Å². The molecule has 0 N–H and O–H groups in total. The third kappa shape index (κ3) is 9.52. The van der Waals surface area contributed by atoms with Crippen molar-refractivity contribution < 1.29 is 35.2 Å². The lowest BCUT2D eigenvalue weighted by molar-refractivity contribution is -0.530. The number of nitrogens with zero attached hydrogens (tertiary/aromatic N) is 3. The molecule has 8 nitrogen and oxygen atoms in total. The molecule has 0 atom stereocenters. The highest BCUT2D eigenvalue weighted by molar-refractivity contribution is 7.87. The van der Waals surface area contributed by atoms with Gasteiger partial charge < -0.3 is 15.0 Å². The highest BCUT2D eigenvalue weighted by atomic mass is 32.2. The second kappa shape index (κ2) is 12.7. The molecule has 0 spiro atoms. The zero-order chi connectivity index (χ0) is 29.6. The van der Waals surface area contributed by atoms with Crippen molar-refractivity contribution in [3.05, 3.63) is 46.1 Å². The number of aromatic nitrogens is 1. The van der Waals surface area contributed by atoms with Crippen LogP contribution in [-0.2, 0) is 20.8 Å². The summed E-state index contributed by atoms with van der Waals surface area (Å²) in [6.07, 6.45) is 11.1. The van der Waals surface area contributed by atoms with Crippen molar-refractivity contribution in [3.63, 3.8) is 0 Å². The molecule has 0 saturated heterocycles. The van der Waals surface area contributed by atoms with E-state index in [1.54, 1.807) is 12.4 Å². The van der Waals surface area contributed by atoms with Crippen LogP contribution >= 0.6 is 0 Å². The number of aryl methyl sites for hydroxylation is 1. The van der Waals surface area contributed by atoms with Crippen molar-refractivity contribution in [2.45, 2.75) is 103 Å². The largest absolute Gasteiger partial charge is 0.623 e. The molecule has 1 aliphatic heterocycles. The van der Waals surface area contributed by atoms with Gasteiger partial charge in [0.15, 0.2) is 23.5 Å². The Kier molecular flexibility index (Phi) is 10.6. The molecule has 0 aromatic heterocycles. The molecule has 2 rings (SSSR count). The van der Waals surface area contributed by atoms with Crippen molar-refractivity contribution in [2.75, 3.05) is 6.61 Å². The molecule has 0 unspecified atom stereocenters. The first-order valence-corrected chi connectivity index (χ1v) is 14.4. The van der Waals surface area contributed by atoms with Gasteiger partial charge in [-0.25, -0.2) is 9.48 Å². The molecule has 0 saturated carbocycles. The van der Waals surface area contributed by atoms with Gasteiger partial charge in [-0.3, -0.25) is 4.18 Å². The smallest absolute Gasteiger partial charge is 0.523 e. The maximum absolute atomic E-state index is 12.7. The minimum Gasteiger partial charge on any atom is -0.623 e. The normalized spacial score (nSPS) is 14.4. The summed E-state index contributed by atoms with van der Waals surface area (Å²) in [6.45, 7) is 11.2. The Hall–Kier alpha value is -2.60. The van der Waals surface area contributed by atoms with Gasteiger partial charge in [0.2, 0.25) is 0 Å². The summed E-state index contributed by atoms with van der Waals surface area (Å²) in [5.74, 6) is 0. The quantitative estimate of drug-likeness (QED) is 0.0566. The lowest BCUT2D eigenvalue weighted by Gasteiger charge is -2.20. The van der Waals surface area contributed by atoms with Gasteiger partial charge in [0.05, 0.1) is 12.2 Å². The summed E-state index contributed by atoms with van der Waals surface area (Å²) < 4.78 is 66.4. The van der Waals surface area contributed by atoms with E-state index in [0.717, 1.165) is 57.4 Å². The monoisotopic (exact) mass is 575 g/mol. The number of hydroxylamine groups is 2. The Bertz CT molecular complexity index is 1240. The van der Waals surface area contributed by atoms with Gasteiger partial charge in [-0.05, 0) is 24.5 Å². The average Bonchev–Trinajstić information content (AvgIpc) is 3.18. The first kappa shape index (κ1) is 32.6. The van der Waals surface area contributed by atoms with Crippen LogP contribution in [0.25, 0.3) is 11.1 Å². The van der Waals surface area contributed by atoms with E-state index in [1.165, 1.54) is 0 Å². The molecule has 1 heterocycles. The summed E-state index contributed by atoms with van der Waals surface area (Å²) in [5, 5.41) is 25.3. The van der Waals surface area contributed by atoms with E-state index < -0.39 is 33.3 Å². The van der Waals surface area contributed by atoms with E-state index in [-0.39, 0.29) is 6.42 Å². The molecule has 1 aliphatic carbocycles. The number of hydrogen-bond donors (Lipinski definition) is 0. The fourth-order valence-electron chi connectivity index (χ4n) is 3.68. The minimum atomic E-state index is -5.53. The highest BCUT2D eigenvalue weighted by Crippen LogP contribution is 2.31. The fourth-order valence-corrected chi connectivity index (χ4v) is 4.15. The Balaban J connectivity index is 2.05. The van der Waals surface area contributed by atoms with E-state index >= 15 is 0 Å². The Morgan fingerprint density at radius 3 is 1.85 bits per heavy atom. The number of hydrogen-bond acceptors (Lipinski definition) is 5. The molecular formula is C27H40F3N3O5S. The number of fused-ring (bicyclic) bond motifs is 1.